The van der Waals surface area contributed by atoms with E-state index < -0.39 is 0 Å². The van der Waals surface area contributed by atoms with Crippen molar-refractivity contribution in [3.63, 3.8) is 0 Å². The summed E-state index contributed by atoms with van der Waals surface area (Å²) in [4.78, 5) is 12.9. The molecule has 1 heterocycles. The fraction of sp³-hybridized carbons (Fsp3) is 0.235. The van der Waals surface area contributed by atoms with Gasteiger partial charge in [0.15, 0.2) is 5.78 Å². The van der Waals surface area contributed by atoms with Crippen molar-refractivity contribution < 1.29 is 14.3 Å². The van der Waals surface area contributed by atoms with Gasteiger partial charge < -0.3 is 9.47 Å². The van der Waals surface area contributed by atoms with Crippen molar-refractivity contribution in [2.75, 3.05) is 13.7 Å². The maximum Gasteiger partial charge on any atom is 0.177 e. The largest absolute Gasteiger partial charge is 0.496 e. The number of carbonyl (C=O) groups is 1. The third-order valence-electron chi connectivity index (χ3n) is 3.76. The van der Waals surface area contributed by atoms with Gasteiger partial charge in [0.05, 0.1) is 18.6 Å². The summed E-state index contributed by atoms with van der Waals surface area (Å²) in [5.41, 5.74) is 2.56. The van der Waals surface area contributed by atoms with Gasteiger partial charge in [-0.1, -0.05) is 34.1 Å². The van der Waals surface area contributed by atoms with Gasteiger partial charge in [-0.25, -0.2) is 0 Å². The number of fused-ring (bicyclic) bond motifs is 1. The van der Waals surface area contributed by atoms with E-state index in [9.17, 15) is 4.79 Å². The Kier molecular flexibility index (Phi) is 3.72. The Morgan fingerprint density at radius 2 is 2.10 bits per heavy atom. The first-order chi connectivity index (χ1) is 10.1. The van der Waals surface area contributed by atoms with Crippen LogP contribution in [0.1, 0.15) is 27.4 Å². The minimum Gasteiger partial charge on any atom is -0.496 e. The number of rotatable bonds is 3. The summed E-state index contributed by atoms with van der Waals surface area (Å²) in [6.07, 6.45) is 0. The molecule has 1 unspecified atom stereocenters. The van der Waals surface area contributed by atoms with E-state index in [0.717, 1.165) is 21.3 Å². The molecule has 1 aliphatic rings. The molecule has 3 nitrogen and oxygen atoms in total. The molecule has 1 atom stereocenters. The monoisotopic (exact) mass is 346 g/mol. The summed E-state index contributed by atoms with van der Waals surface area (Å²) >= 11 is 3.48. The van der Waals surface area contributed by atoms with Crippen molar-refractivity contribution >= 4 is 21.7 Å². The van der Waals surface area contributed by atoms with Crippen molar-refractivity contribution in [3.05, 3.63) is 57.6 Å². The van der Waals surface area contributed by atoms with Crippen LogP contribution in [0.15, 0.2) is 40.9 Å². The van der Waals surface area contributed by atoms with Crippen LogP contribution < -0.4 is 9.47 Å². The number of carbonyl (C=O) groups excluding carboxylic acids is 1. The Balaban J connectivity index is 2.02. The molecule has 0 radical (unpaired) electrons. The summed E-state index contributed by atoms with van der Waals surface area (Å²) in [6.45, 7) is 2.35. The summed E-state index contributed by atoms with van der Waals surface area (Å²) < 4.78 is 11.9. The normalized spacial score (nSPS) is 16.2. The Hall–Kier alpha value is -1.81. The standard InChI is InChI=1S/C17H15BrO3/c1-10-7-16(20-2)12(8-14(10)18)17(19)13-9-21-15-6-4-3-5-11(13)15/h3-8,13H,9H2,1-2H3. The second-order valence-electron chi connectivity index (χ2n) is 5.07. The maximum atomic E-state index is 12.9. The van der Waals surface area contributed by atoms with Crippen molar-refractivity contribution in [1.29, 1.82) is 0 Å². The minimum absolute atomic E-state index is 0.0255. The van der Waals surface area contributed by atoms with Gasteiger partial charge in [-0.15, -0.1) is 0 Å². The average molecular weight is 347 g/mol. The van der Waals surface area contributed by atoms with Crippen LogP contribution in [-0.4, -0.2) is 19.5 Å². The smallest absolute Gasteiger partial charge is 0.177 e. The molecule has 2 aromatic rings. The number of Topliss-reactive ketones (excluding diaryl/α,β-unsaturated/α-hetero) is 1. The first kappa shape index (κ1) is 14.1. The van der Waals surface area contributed by atoms with Gasteiger partial charge in [0.1, 0.15) is 18.1 Å². The third-order valence-corrected chi connectivity index (χ3v) is 4.62. The highest BCUT2D eigenvalue weighted by atomic mass is 79.9. The zero-order chi connectivity index (χ0) is 15.0. The van der Waals surface area contributed by atoms with E-state index in [2.05, 4.69) is 15.9 Å². The number of halogens is 1. The van der Waals surface area contributed by atoms with E-state index in [1.807, 2.05) is 43.3 Å². The molecule has 0 saturated carbocycles. The summed E-state index contributed by atoms with van der Waals surface area (Å²) in [5, 5.41) is 0. The number of hydrogen-bond donors (Lipinski definition) is 0. The molecule has 2 aromatic carbocycles. The highest BCUT2D eigenvalue weighted by molar-refractivity contribution is 9.10. The fourth-order valence-electron chi connectivity index (χ4n) is 2.58. The van der Waals surface area contributed by atoms with Gasteiger partial charge >= 0.3 is 0 Å². The maximum absolute atomic E-state index is 12.9. The van der Waals surface area contributed by atoms with E-state index >= 15 is 0 Å². The number of ketones is 1. The topological polar surface area (TPSA) is 35.5 Å². The van der Waals surface area contributed by atoms with Gasteiger partial charge in [0, 0.05) is 10.0 Å². The third kappa shape index (κ3) is 2.44. The van der Waals surface area contributed by atoms with Gasteiger partial charge in [-0.2, -0.15) is 0 Å². The predicted octanol–water partition coefficient (Wildman–Crippen LogP) is 4.13. The zero-order valence-electron chi connectivity index (χ0n) is 11.9. The first-order valence-corrected chi connectivity index (χ1v) is 7.51. The van der Waals surface area contributed by atoms with Crippen molar-refractivity contribution in [1.82, 2.24) is 0 Å². The molecule has 3 rings (SSSR count). The van der Waals surface area contributed by atoms with Crippen LogP contribution in [-0.2, 0) is 0 Å². The van der Waals surface area contributed by atoms with Crippen LogP contribution in [0.3, 0.4) is 0 Å². The Morgan fingerprint density at radius 3 is 2.86 bits per heavy atom. The number of aryl methyl sites for hydroxylation is 1. The molecule has 0 N–H and O–H groups in total. The molecule has 0 saturated heterocycles. The van der Waals surface area contributed by atoms with Gasteiger partial charge in [0.2, 0.25) is 0 Å². The first-order valence-electron chi connectivity index (χ1n) is 6.72. The molecule has 21 heavy (non-hydrogen) atoms. The lowest BCUT2D eigenvalue weighted by molar-refractivity contribution is 0.0944. The Labute approximate surface area is 132 Å². The summed E-state index contributed by atoms with van der Waals surface area (Å²) in [5.74, 6) is 1.15. The molecular formula is C17H15BrO3. The molecular weight excluding hydrogens is 332 g/mol. The molecule has 0 fully saturated rings. The van der Waals surface area contributed by atoms with Crippen molar-refractivity contribution in [2.45, 2.75) is 12.8 Å². The van der Waals surface area contributed by atoms with E-state index in [0.29, 0.717) is 17.9 Å². The number of ether oxygens (including phenoxy) is 2. The van der Waals surface area contributed by atoms with Crippen LogP contribution >= 0.6 is 15.9 Å². The second-order valence-corrected chi connectivity index (χ2v) is 5.92. The van der Waals surface area contributed by atoms with Crippen LogP contribution in [0.2, 0.25) is 0 Å². The average Bonchev–Trinajstić information content (AvgIpc) is 2.92. The number of methoxy groups -OCH3 is 1. The highest BCUT2D eigenvalue weighted by Gasteiger charge is 2.32. The highest BCUT2D eigenvalue weighted by Crippen LogP contribution is 2.38. The van der Waals surface area contributed by atoms with Crippen LogP contribution in [0, 0.1) is 6.92 Å². The summed E-state index contributed by atoms with van der Waals surface area (Å²) in [7, 11) is 1.58. The van der Waals surface area contributed by atoms with Gasteiger partial charge in [-0.05, 0) is 30.7 Å². The molecule has 0 aromatic heterocycles. The van der Waals surface area contributed by atoms with Gasteiger partial charge in [0.25, 0.3) is 0 Å². The number of hydrogen-bond acceptors (Lipinski definition) is 3. The lowest BCUT2D eigenvalue weighted by Gasteiger charge is -2.13. The predicted molar refractivity (Wildman–Crippen MR) is 84.4 cm³/mol. The Morgan fingerprint density at radius 1 is 1.33 bits per heavy atom. The van der Waals surface area contributed by atoms with Crippen LogP contribution in [0.5, 0.6) is 11.5 Å². The number of benzene rings is 2. The van der Waals surface area contributed by atoms with Crippen molar-refractivity contribution in [3.8, 4) is 11.5 Å². The zero-order valence-corrected chi connectivity index (χ0v) is 13.4. The van der Waals surface area contributed by atoms with E-state index in [1.54, 1.807) is 7.11 Å². The molecule has 1 aliphatic heterocycles. The molecule has 0 amide bonds. The van der Waals surface area contributed by atoms with Crippen LogP contribution in [0.4, 0.5) is 0 Å². The van der Waals surface area contributed by atoms with Crippen molar-refractivity contribution in [2.24, 2.45) is 0 Å². The lowest BCUT2D eigenvalue weighted by Crippen LogP contribution is -2.15. The minimum atomic E-state index is -0.273. The molecule has 0 spiro atoms. The van der Waals surface area contributed by atoms with Gasteiger partial charge in [-0.3, -0.25) is 4.79 Å². The van der Waals surface area contributed by atoms with Crippen LogP contribution in [0.25, 0.3) is 0 Å². The molecule has 0 aliphatic carbocycles. The van der Waals surface area contributed by atoms with E-state index in [4.69, 9.17) is 9.47 Å². The summed E-state index contributed by atoms with van der Waals surface area (Å²) in [6, 6.07) is 11.4. The quantitative estimate of drug-likeness (QED) is 0.784. The molecule has 108 valence electrons. The second kappa shape index (κ2) is 5.53. The lowest BCUT2D eigenvalue weighted by atomic mass is 9.91. The molecule has 4 heteroatoms. The number of para-hydroxylation sites is 1. The van der Waals surface area contributed by atoms with E-state index in [-0.39, 0.29) is 11.7 Å². The Bertz CT molecular complexity index is 709. The fourth-order valence-corrected chi connectivity index (χ4v) is 2.93. The molecule has 0 bridgehead atoms. The SMILES string of the molecule is COc1cc(C)c(Br)cc1C(=O)C1COc2ccccc21. The van der Waals surface area contributed by atoms with E-state index in [1.165, 1.54) is 0 Å².